The van der Waals surface area contributed by atoms with Gasteiger partial charge in [0.2, 0.25) is 0 Å². The van der Waals surface area contributed by atoms with Crippen molar-refractivity contribution in [1.82, 2.24) is 4.98 Å². The van der Waals surface area contributed by atoms with Crippen LogP contribution in [-0.4, -0.2) is 10.7 Å². The van der Waals surface area contributed by atoms with Crippen molar-refractivity contribution in [2.45, 2.75) is 13.8 Å². The molecule has 1 aromatic carbocycles. The highest BCUT2D eigenvalue weighted by molar-refractivity contribution is 5.99. The molecule has 2 aromatic rings. The van der Waals surface area contributed by atoms with E-state index in [9.17, 15) is 4.39 Å². The first-order valence-corrected chi connectivity index (χ1v) is 5.38. The van der Waals surface area contributed by atoms with Gasteiger partial charge < -0.3 is 0 Å². The third kappa shape index (κ3) is 2.97. The lowest BCUT2D eigenvalue weighted by atomic mass is 10.2. The number of aliphatic imine (C=N–C) groups is 1. The summed E-state index contributed by atoms with van der Waals surface area (Å²) in [6.07, 6.45) is 2.79. The van der Waals surface area contributed by atoms with Crippen LogP contribution in [0.2, 0.25) is 0 Å². The molecule has 2 rings (SSSR count). The molecule has 0 radical (unpaired) electrons. The highest BCUT2D eigenvalue weighted by Gasteiger charge is 2.00. The molecule has 0 saturated carbocycles. The van der Waals surface area contributed by atoms with E-state index >= 15 is 0 Å². The summed E-state index contributed by atoms with van der Waals surface area (Å²) in [4.78, 5) is 8.23. The van der Waals surface area contributed by atoms with Crippen molar-refractivity contribution >= 4 is 11.4 Å². The molecule has 0 spiro atoms. The fourth-order valence-electron chi connectivity index (χ4n) is 1.49. The van der Waals surface area contributed by atoms with Gasteiger partial charge in [0.15, 0.2) is 0 Å². The number of aromatic nitrogens is 1. The topological polar surface area (TPSA) is 25.2 Å². The van der Waals surface area contributed by atoms with Gasteiger partial charge in [-0.15, -0.1) is 0 Å². The number of hydrogen-bond donors (Lipinski definition) is 0. The lowest BCUT2D eigenvalue weighted by Crippen LogP contribution is -1.96. The zero-order valence-corrected chi connectivity index (χ0v) is 9.81. The van der Waals surface area contributed by atoms with E-state index in [0.717, 1.165) is 11.4 Å². The minimum absolute atomic E-state index is 0.346. The Labute approximate surface area is 99.9 Å². The molecule has 0 aliphatic carbocycles. The summed E-state index contributed by atoms with van der Waals surface area (Å²) in [7, 11) is 0. The van der Waals surface area contributed by atoms with Crippen molar-refractivity contribution in [2.24, 2.45) is 4.99 Å². The second-order valence-electron chi connectivity index (χ2n) is 3.92. The number of aryl methyl sites for hydroxylation is 1. The molecule has 0 fully saturated rings. The Morgan fingerprint density at radius 3 is 2.53 bits per heavy atom. The van der Waals surface area contributed by atoms with Crippen LogP contribution < -0.4 is 0 Å². The normalized spacial score (nSPS) is 11.6. The third-order valence-electron chi connectivity index (χ3n) is 2.45. The van der Waals surface area contributed by atoms with Crippen LogP contribution in [0.15, 0.2) is 47.7 Å². The maximum atomic E-state index is 13.0. The fourth-order valence-corrected chi connectivity index (χ4v) is 1.49. The average Bonchev–Trinajstić information content (AvgIpc) is 2.32. The predicted octanol–water partition coefficient (Wildman–Crippen LogP) is 3.67. The Balaban J connectivity index is 2.30. The molecule has 0 saturated heterocycles. The Morgan fingerprint density at radius 2 is 1.88 bits per heavy atom. The van der Waals surface area contributed by atoms with Gasteiger partial charge in [0.25, 0.3) is 0 Å². The number of halogens is 1. The number of rotatable bonds is 2. The highest BCUT2D eigenvalue weighted by Crippen LogP contribution is 2.14. The quantitative estimate of drug-likeness (QED) is 0.720. The summed E-state index contributed by atoms with van der Waals surface area (Å²) < 4.78 is 13.0. The molecule has 3 heteroatoms. The van der Waals surface area contributed by atoms with Gasteiger partial charge >= 0.3 is 0 Å². The van der Waals surface area contributed by atoms with Gasteiger partial charge in [0.1, 0.15) is 5.82 Å². The van der Waals surface area contributed by atoms with Gasteiger partial charge in [-0.25, -0.2) is 4.39 Å². The van der Waals surface area contributed by atoms with E-state index in [1.165, 1.54) is 17.8 Å². The van der Waals surface area contributed by atoms with E-state index < -0.39 is 0 Å². The summed E-state index contributed by atoms with van der Waals surface area (Å²) in [5.41, 5.74) is 3.50. The standard InChI is InChI=1S/C14H13FN2/c1-10-3-5-14(6-4-10)17-11(2)12-7-13(15)9-16-8-12/h3-9H,1-2H3/b17-11+. The fraction of sp³-hybridized carbons (Fsp3) is 0.143. The molecular formula is C14H13FN2. The Kier molecular flexibility index (Phi) is 3.28. The van der Waals surface area contributed by atoms with E-state index in [1.807, 2.05) is 38.1 Å². The highest BCUT2D eigenvalue weighted by atomic mass is 19.1. The lowest BCUT2D eigenvalue weighted by Gasteiger charge is -2.01. The lowest BCUT2D eigenvalue weighted by molar-refractivity contribution is 0.621. The molecule has 0 aliphatic rings. The number of hydrogen-bond acceptors (Lipinski definition) is 2. The largest absolute Gasteiger partial charge is 0.261 e. The van der Waals surface area contributed by atoms with E-state index in [1.54, 1.807) is 6.20 Å². The Hall–Kier alpha value is -2.03. The molecule has 0 amide bonds. The molecule has 17 heavy (non-hydrogen) atoms. The van der Waals surface area contributed by atoms with Crippen molar-refractivity contribution in [3.05, 3.63) is 59.7 Å². The molecule has 0 atom stereocenters. The van der Waals surface area contributed by atoms with Crippen molar-refractivity contribution in [3.8, 4) is 0 Å². The van der Waals surface area contributed by atoms with Crippen LogP contribution in [0.25, 0.3) is 0 Å². The summed E-state index contributed by atoms with van der Waals surface area (Å²) in [5.74, 6) is -0.346. The van der Waals surface area contributed by atoms with Crippen LogP contribution in [0.4, 0.5) is 10.1 Å². The summed E-state index contributed by atoms with van der Waals surface area (Å²) >= 11 is 0. The predicted molar refractivity (Wildman–Crippen MR) is 67.2 cm³/mol. The SMILES string of the molecule is C/C(=N\c1ccc(C)cc1)c1cncc(F)c1. The molecule has 1 heterocycles. The number of pyridine rings is 1. The zero-order valence-electron chi connectivity index (χ0n) is 9.81. The maximum absolute atomic E-state index is 13.0. The van der Waals surface area contributed by atoms with E-state index in [-0.39, 0.29) is 5.82 Å². The van der Waals surface area contributed by atoms with Gasteiger partial charge in [0.05, 0.1) is 11.9 Å². The summed E-state index contributed by atoms with van der Waals surface area (Å²) in [5, 5.41) is 0. The van der Waals surface area contributed by atoms with Crippen LogP contribution in [0.5, 0.6) is 0 Å². The van der Waals surface area contributed by atoms with Crippen molar-refractivity contribution in [3.63, 3.8) is 0 Å². The maximum Gasteiger partial charge on any atom is 0.142 e. The Morgan fingerprint density at radius 1 is 1.18 bits per heavy atom. The molecular weight excluding hydrogens is 215 g/mol. The monoisotopic (exact) mass is 228 g/mol. The zero-order chi connectivity index (χ0) is 12.3. The average molecular weight is 228 g/mol. The van der Waals surface area contributed by atoms with Gasteiger partial charge in [0, 0.05) is 17.5 Å². The molecule has 0 unspecified atom stereocenters. The van der Waals surface area contributed by atoms with Gasteiger partial charge in [-0.05, 0) is 32.0 Å². The molecule has 2 nitrogen and oxygen atoms in total. The number of nitrogens with zero attached hydrogens (tertiary/aromatic N) is 2. The van der Waals surface area contributed by atoms with Crippen LogP contribution >= 0.6 is 0 Å². The van der Waals surface area contributed by atoms with Gasteiger partial charge in [-0.1, -0.05) is 17.7 Å². The first-order valence-electron chi connectivity index (χ1n) is 5.38. The van der Waals surface area contributed by atoms with Crippen LogP contribution in [-0.2, 0) is 0 Å². The van der Waals surface area contributed by atoms with Crippen molar-refractivity contribution in [2.75, 3.05) is 0 Å². The third-order valence-corrected chi connectivity index (χ3v) is 2.45. The van der Waals surface area contributed by atoms with E-state index in [2.05, 4.69) is 9.98 Å². The first-order chi connectivity index (χ1) is 8.15. The Bertz CT molecular complexity index is 544. The van der Waals surface area contributed by atoms with Crippen LogP contribution in [0, 0.1) is 12.7 Å². The van der Waals surface area contributed by atoms with Gasteiger partial charge in [-0.2, -0.15) is 0 Å². The van der Waals surface area contributed by atoms with E-state index in [4.69, 9.17) is 0 Å². The first kappa shape index (κ1) is 11.5. The van der Waals surface area contributed by atoms with E-state index in [0.29, 0.717) is 5.56 Å². The van der Waals surface area contributed by atoms with Gasteiger partial charge in [-0.3, -0.25) is 9.98 Å². The molecule has 0 N–H and O–H groups in total. The number of benzene rings is 1. The molecule has 1 aromatic heterocycles. The van der Waals surface area contributed by atoms with Crippen LogP contribution in [0.1, 0.15) is 18.1 Å². The second-order valence-corrected chi connectivity index (χ2v) is 3.92. The van der Waals surface area contributed by atoms with Crippen molar-refractivity contribution in [1.29, 1.82) is 0 Å². The minimum atomic E-state index is -0.346. The molecule has 0 aliphatic heterocycles. The minimum Gasteiger partial charge on any atom is -0.261 e. The van der Waals surface area contributed by atoms with Crippen LogP contribution in [0.3, 0.4) is 0 Å². The molecule has 0 bridgehead atoms. The van der Waals surface area contributed by atoms with Crippen molar-refractivity contribution < 1.29 is 4.39 Å². The summed E-state index contributed by atoms with van der Waals surface area (Å²) in [6, 6.07) is 9.29. The second kappa shape index (κ2) is 4.87. The summed E-state index contributed by atoms with van der Waals surface area (Å²) in [6.45, 7) is 3.87. The smallest absolute Gasteiger partial charge is 0.142 e. The molecule has 86 valence electrons.